The molecule has 4 N–H and O–H groups in total. The lowest BCUT2D eigenvalue weighted by molar-refractivity contribution is 0.246. The maximum atomic E-state index is 11.4. The number of nitrogens with zero attached hydrogens (tertiary/aromatic N) is 2. The van der Waals surface area contributed by atoms with Crippen LogP contribution in [-0.4, -0.2) is 21.7 Å². The Morgan fingerprint density at radius 1 is 1.24 bits per heavy atom. The molecule has 0 aliphatic carbocycles. The number of hydrogen-bond acceptors (Lipinski definition) is 4. The van der Waals surface area contributed by atoms with E-state index >= 15 is 0 Å². The lowest BCUT2D eigenvalue weighted by Gasteiger charge is -2.28. The van der Waals surface area contributed by atoms with Crippen LogP contribution in [0.3, 0.4) is 0 Å². The minimum absolute atomic E-state index is 0.161. The number of hydrogen-bond donors (Lipinski definition) is 4. The van der Waals surface area contributed by atoms with Crippen LogP contribution in [0.2, 0.25) is 0 Å². The number of carbonyl (C=O) groups is 1. The Bertz CT molecular complexity index is 620. The molecule has 1 fully saturated rings. The van der Waals surface area contributed by atoms with Gasteiger partial charge in [0.25, 0.3) is 0 Å². The third-order valence-corrected chi connectivity index (χ3v) is 3.09. The summed E-state index contributed by atoms with van der Waals surface area (Å²) in [4.78, 5) is 15.8. The van der Waals surface area contributed by atoms with Gasteiger partial charge in [-0.2, -0.15) is 0 Å². The molecule has 0 saturated carbocycles. The van der Waals surface area contributed by atoms with E-state index in [2.05, 4.69) is 26.5 Å². The van der Waals surface area contributed by atoms with Gasteiger partial charge in [-0.05, 0) is 12.1 Å². The van der Waals surface area contributed by atoms with E-state index in [0.29, 0.717) is 5.95 Å². The fourth-order valence-electron chi connectivity index (χ4n) is 2.36. The van der Waals surface area contributed by atoms with Gasteiger partial charge in [-0.15, -0.1) is 0 Å². The van der Waals surface area contributed by atoms with Crippen LogP contribution in [0.25, 0.3) is 11.0 Å². The van der Waals surface area contributed by atoms with Crippen molar-refractivity contribution in [3.63, 3.8) is 0 Å². The number of rotatable bonds is 0. The second kappa shape index (κ2) is 2.89. The lowest BCUT2D eigenvalue weighted by Crippen LogP contribution is -2.50. The molecular formula is C10H10N6O. The van der Waals surface area contributed by atoms with Crippen molar-refractivity contribution >= 4 is 23.0 Å². The van der Waals surface area contributed by atoms with Gasteiger partial charge in [0.2, 0.25) is 5.95 Å². The van der Waals surface area contributed by atoms with Gasteiger partial charge in [-0.25, -0.2) is 15.2 Å². The molecule has 1 aromatic carbocycles. The molecule has 7 nitrogen and oxygen atoms in total. The standard InChI is InChI=1S/C10H10N6O/c17-10-12-7-8(13-10)16-6-4-2-1-3-5(6)11-9(16)15-14-7/h1-4,7-8,14H,(H,11,15)(H2,12,13,17)/t7-,8-/m0/s1. The Morgan fingerprint density at radius 3 is 3.06 bits per heavy atom. The highest BCUT2D eigenvalue weighted by Crippen LogP contribution is 2.28. The first kappa shape index (κ1) is 8.82. The minimum Gasteiger partial charge on any atom is -0.317 e. The molecule has 0 radical (unpaired) electrons. The number of benzene rings is 1. The Balaban J connectivity index is 1.96. The Labute approximate surface area is 96.2 Å². The molecule has 0 spiro atoms. The number of amides is 2. The number of imidazole rings is 1. The van der Waals surface area contributed by atoms with E-state index in [1.165, 1.54) is 0 Å². The second-order valence-electron chi connectivity index (χ2n) is 4.10. The van der Waals surface area contributed by atoms with Crippen LogP contribution in [0.1, 0.15) is 6.17 Å². The zero-order valence-corrected chi connectivity index (χ0v) is 8.77. The van der Waals surface area contributed by atoms with Crippen molar-refractivity contribution in [2.24, 2.45) is 0 Å². The van der Waals surface area contributed by atoms with Crippen molar-refractivity contribution in [1.82, 2.24) is 25.6 Å². The molecule has 2 amide bonds. The number of fused-ring (bicyclic) bond motifs is 5. The molecule has 2 atom stereocenters. The van der Waals surface area contributed by atoms with Gasteiger partial charge in [0.05, 0.1) is 11.0 Å². The van der Waals surface area contributed by atoms with Crippen LogP contribution in [0.5, 0.6) is 0 Å². The average Bonchev–Trinajstić information content (AvgIpc) is 2.87. The number of aromatic nitrogens is 2. The van der Waals surface area contributed by atoms with Gasteiger partial charge in [-0.1, -0.05) is 12.1 Å². The summed E-state index contributed by atoms with van der Waals surface area (Å²) >= 11 is 0. The summed E-state index contributed by atoms with van der Waals surface area (Å²) in [7, 11) is 0. The van der Waals surface area contributed by atoms with Crippen LogP contribution < -0.4 is 21.5 Å². The summed E-state index contributed by atoms with van der Waals surface area (Å²) in [6.45, 7) is 0. The highest BCUT2D eigenvalue weighted by molar-refractivity contribution is 5.81. The molecule has 0 bridgehead atoms. The minimum atomic E-state index is -0.181. The summed E-state index contributed by atoms with van der Waals surface area (Å²) in [6.07, 6.45) is -0.334. The average molecular weight is 230 g/mol. The van der Waals surface area contributed by atoms with Crippen molar-refractivity contribution in [3.8, 4) is 0 Å². The van der Waals surface area contributed by atoms with Crippen LogP contribution >= 0.6 is 0 Å². The summed E-state index contributed by atoms with van der Waals surface area (Å²) < 4.78 is 1.98. The molecule has 86 valence electrons. The Kier molecular flexibility index (Phi) is 1.50. The molecule has 7 heteroatoms. The number of nitrogens with one attached hydrogen (secondary N) is 4. The topological polar surface area (TPSA) is 83.0 Å². The maximum Gasteiger partial charge on any atom is 0.317 e. The number of urea groups is 1. The number of para-hydroxylation sites is 2. The predicted molar refractivity (Wildman–Crippen MR) is 61.0 cm³/mol. The maximum absolute atomic E-state index is 11.4. The summed E-state index contributed by atoms with van der Waals surface area (Å²) in [6, 6.07) is 7.65. The molecule has 2 aliphatic rings. The molecule has 1 saturated heterocycles. The first-order valence-corrected chi connectivity index (χ1v) is 5.38. The molecule has 2 aromatic rings. The van der Waals surface area contributed by atoms with Crippen molar-refractivity contribution in [2.75, 3.05) is 5.43 Å². The predicted octanol–water partition coefficient (Wildman–Crippen LogP) is 0.104. The van der Waals surface area contributed by atoms with Crippen LogP contribution in [0.4, 0.5) is 10.7 Å². The number of anilines is 1. The fourth-order valence-corrected chi connectivity index (χ4v) is 2.36. The van der Waals surface area contributed by atoms with Crippen LogP contribution in [-0.2, 0) is 0 Å². The Hall–Kier alpha value is -2.28. The van der Waals surface area contributed by atoms with Gasteiger partial charge in [0.1, 0.15) is 12.3 Å². The molecule has 2 aliphatic heterocycles. The summed E-state index contributed by atoms with van der Waals surface area (Å²) in [5.74, 6) is 0.705. The third kappa shape index (κ3) is 1.08. The fraction of sp³-hybridized carbons (Fsp3) is 0.200. The first-order chi connectivity index (χ1) is 8.33. The van der Waals surface area contributed by atoms with Crippen molar-refractivity contribution in [1.29, 1.82) is 0 Å². The summed E-state index contributed by atoms with van der Waals surface area (Å²) in [5.41, 5.74) is 7.89. The van der Waals surface area contributed by atoms with Gasteiger partial charge in [0, 0.05) is 0 Å². The van der Waals surface area contributed by atoms with E-state index in [0.717, 1.165) is 11.0 Å². The number of hydrazine groups is 1. The molecule has 17 heavy (non-hydrogen) atoms. The first-order valence-electron chi connectivity index (χ1n) is 5.38. The van der Waals surface area contributed by atoms with E-state index in [4.69, 9.17) is 0 Å². The van der Waals surface area contributed by atoms with E-state index < -0.39 is 0 Å². The van der Waals surface area contributed by atoms with Crippen LogP contribution in [0, 0.1) is 0 Å². The second-order valence-corrected chi connectivity index (χ2v) is 4.10. The quantitative estimate of drug-likeness (QED) is 0.517. The van der Waals surface area contributed by atoms with E-state index in [1.54, 1.807) is 0 Å². The van der Waals surface area contributed by atoms with Crippen molar-refractivity contribution in [3.05, 3.63) is 24.3 Å². The monoisotopic (exact) mass is 230 g/mol. The van der Waals surface area contributed by atoms with Crippen molar-refractivity contribution in [2.45, 2.75) is 12.3 Å². The highest BCUT2D eigenvalue weighted by atomic mass is 16.2. The van der Waals surface area contributed by atoms with E-state index in [-0.39, 0.29) is 18.4 Å². The lowest BCUT2D eigenvalue weighted by atomic mass is 10.3. The van der Waals surface area contributed by atoms with Gasteiger partial charge >= 0.3 is 6.03 Å². The van der Waals surface area contributed by atoms with Crippen LogP contribution in [0.15, 0.2) is 24.3 Å². The van der Waals surface area contributed by atoms with Gasteiger partial charge in [-0.3, -0.25) is 9.99 Å². The molecule has 3 heterocycles. The smallest absolute Gasteiger partial charge is 0.317 e. The normalized spacial score (nSPS) is 25.8. The van der Waals surface area contributed by atoms with Gasteiger partial charge < -0.3 is 10.6 Å². The zero-order valence-electron chi connectivity index (χ0n) is 8.77. The molecule has 1 aromatic heterocycles. The van der Waals surface area contributed by atoms with Gasteiger partial charge in [0.15, 0.2) is 0 Å². The molecule has 4 rings (SSSR count). The summed E-state index contributed by atoms with van der Waals surface area (Å²) in [5, 5.41) is 5.64. The van der Waals surface area contributed by atoms with E-state index in [9.17, 15) is 4.79 Å². The highest BCUT2D eigenvalue weighted by Gasteiger charge is 2.38. The van der Waals surface area contributed by atoms with E-state index in [1.807, 2.05) is 28.8 Å². The van der Waals surface area contributed by atoms with Crippen molar-refractivity contribution < 1.29 is 4.79 Å². The largest absolute Gasteiger partial charge is 0.317 e. The molecule has 0 unspecified atom stereocenters. The Morgan fingerprint density at radius 2 is 2.12 bits per heavy atom. The zero-order chi connectivity index (χ0) is 11.4. The number of carbonyl (C=O) groups excluding carboxylic acids is 1. The molecular weight excluding hydrogens is 220 g/mol. The third-order valence-electron chi connectivity index (χ3n) is 3.09. The SMILES string of the molecule is O=C1N[C@H]2NNc3nc4ccccc4n3[C@@H]2N1.